The molecule has 4 heteroatoms. The van der Waals surface area contributed by atoms with Crippen LogP contribution in [0.2, 0.25) is 0 Å². The second-order valence-electron chi connectivity index (χ2n) is 4.72. The Balaban J connectivity index is 1.90. The zero-order valence-electron chi connectivity index (χ0n) is 11.3. The summed E-state index contributed by atoms with van der Waals surface area (Å²) in [5, 5.41) is 11.9. The third-order valence-corrected chi connectivity index (χ3v) is 3.21. The summed E-state index contributed by atoms with van der Waals surface area (Å²) in [6.07, 6.45) is 7.15. The number of fused-ring (bicyclic) bond motifs is 1. The molecule has 0 fully saturated rings. The molecular formula is C14H22N4. The maximum Gasteiger partial charge on any atom is 0.160 e. The normalized spacial score (nSPS) is 13.0. The van der Waals surface area contributed by atoms with Crippen molar-refractivity contribution in [3.63, 3.8) is 0 Å². The molecule has 0 saturated carbocycles. The highest BCUT2D eigenvalue weighted by Crippen LogP contribution is 2.11. The Hall–Kier alpha value is -1.42. The fourth-order valence-electron chi connectivity index (χ4n) is 2.12. The highest BCUT2D eigenvalue weighted by atomic mass is 15.3. The fraction of sp³-hybridized carbons (Fsp3) is 0.571. The first kappa shape index (κ1) is 13.0. The van der Waals surface area contributed by atoms with Crippen LogP contribution in [-0.4, -0.2) is 21.1 Å². The summed E-state index contributed by atoms with van der Waals surface area (Å²) in [4.78, 5) is 0. The molecule has 0 amide bonds. The molecule has 0 aliphatic rings. The van der Waals surface area contributed by atoms with Crippen LogP contribution < -0.4 is 5.32 Å². The van der Waals surface area contributed by atoms with E-state index < -0.39 is 0 Å². The third kappa shape index (κ3) is 3.07. The maximum atomic E-state index is 4.26. The average Bonchev–Trinajstić information content (AvgIpc) is 2.82. The van der Waals surface area contributed by atoms with Gasteiger partial charge in [-0.3, -0.25) is 4.40 Å². The monoisotopic (exact) mass is 246 g/mol. The summed E-state index contributed by atoms with van der Waals surface area (Å²) in [5.41, 5.74) is 0.909. The Morgan fingerprint density at radius 1 is 1.22 bits per heavy atom. The Kier molecular flexibility index (Phi) is 4.70. The largest absolute Gasteiger partial charge is 0.308 e. The molecule has 1 N–H and O–H groups in total. The van der Waals surface area contributed by atoms with Crippen molar-refractivity contribution >= 4 is 5.65 Å². The number of unbranched alkanes of at least 4 members (excludes halogenated alkanes) is 3. The smallest absolute Gasteiger partial charge is 0.160 e. The zero-order valence-corrected chi connectivity index (χ0v) is 11.3. The van der Waals surface area contributed by atoms with Crippen LogP contribution in [0.25, 0.3) is 5.65 Å². The van der Waals surface area contributed by atoms with Gasteiger partial charge in [-0.15, -0.1) is 10.2 Å². The minimum Gasteiger partial charge on any atom is -0.308 e. The number of hydrogen-bond donors (Lipinski definition) is 1. The van der Waals surface area contributed by atoms with E-state index in [-0.39, 0.29) is 6.04 Å². The Morgan fingerprint density at radius 3 is 2.94 bits per heavy atom. The molecule has 2 aromatic rings. The predicted molar refractivity (Wildman–Crippen MR) is 73.5 cm³/mol. The maximum absolute atomic E-state index is 4.26. The number of hydrogen-bond acceptors (Lipinski definition) is 3. The minimum absolute atomic E-state index is 0.240. The number of aromatic nitrogens is 3. The van der Waals surface area contributed by atoms with Crippen molar-refractivity contribution in [1.29, 1.82) is 0 Å². The van der Waals surface area contributed by atoms with Crippen LogP contribution in [0.4, 0.5) is 0 Å². The van der Waals surface area contributed by atoms with Gasteiger partial charge in [0.2, 0.25) is 0 Å². The lowest BCUT2D eigenvalue weighted by molar-refractivity contribution is 0.515. The molecule has 2 rings (SSSR count). The van der Waals surface area contributed by atoms with Crippen LogP contribution in [0.5, 0.6) is 0 Å². The molecule has 0 aromatic carbocycles. The summed E-state index contributed by atoms with van der Waals surface area (Å²) in [6, 6.07) is 6.21. The van der Waals surface area contributed by atoms with Crippen LogP contribution in [0.15, 0.2) is 24.4 Å². The Bertz CT molecular complexity index is 477. The highest BCUT2D eigenvalue weighted by Gasteiger charge is 2.11. The van der Waals surface area contributed by atoms with Gasteiger partial charge in [-0.1, -0.05) is 32.3 Å². The molecule has 0 bridgehead atoms. The summed E-state index contributed by atoms with van der Waals surface area (Å²) < 4.78 is 2.05. The van der Waals surface area contributed by atoms with Crippen LogP contribution in [0.1, 0.15) is 51.4 Å². The van der Waals surface area contributed by atoms with Gasteiger partial charge in [0.15, 0.2) is 11.5 Å². The van der Waals surface area contributed by atoms with Crippen LogP contribution >= 0.6 is 0 Å². The van der Waals surface area contributed by atoms with Gasteiger partial charge in [0.1, 0.15) is 0 Å². The van der Waals surface area contributed by atoms with Crippen molar-refractivity contribution < 1.29 is 0 Å². The lowest BCUT2D eigenvalue weighted by Crippen LogP contribution is -2.21. The van der Waals surface area contributed by atoms with Crippen molar-refractivity contribution in [3.05, 3.63) is 30.2 Å². The molecule has 1 unspecified atom stereocenters. The van der Waals surface area contributed by atoms with Crippen LogP contribution in [0, 0.1) is 0 Å². The number of nitrogens with one attached hydrogen (secondary N) is 1. The second kappa shape index (κ2) is 6.50. The van der Waals surface area contributed by atoms with Gasteiger partial charge in [0, 0.05) is 6.20 Å². The van der Waals surface area contributed by atoms with E-state index in [9.17, 15) is 0 Å². The van der Waals surface area contributed by atoms with Gasteiger partial charge in [-0.05, 0) is 32.0 Å². The average molecular weight is 246 g/mol. The van der Waals surface area contributed by atoms with Crippen LogP contribution in [0.3, 0.4) is 0 Å². The molecule has 0 radical (unpaired) electrons. The van der Waals surface area contributed by atoms with E-state index in [0.29, 0.717) is 0 Å². The summed E-state index contributed by atoms with van der Waals surface area (Å²) >= 11 is 0. The van der Waals surface area contributed by atoms with Gasteiger partial charge in [0.05, 0.1) is 6.04 Å². The Morgan fingerprint density at radius 2 is 2.11 bits per heavy atom. The molecule has 0 aliphatic heterocycles. The molecular weight excluding hydrogens is 224 g/mol. The van der Waals surface area contributed by atoms with Gasteiger partial charge < -0.3 is 5.32 Å². The zero-order chi connectivity index (χ0) is 12.8. The lowest BCUT2D eigenvalue weighted by Gasteiger charge is -2.11. The van der Waals surface area contributed by atoms with E-state index in [1.807, 2.05) is 28.8 Å². The van der Waals surface area contributed by atoms with Crippen molar-refractivity contribution in [3.8, 4) is 0 Å². The molecule has 2 heterocycles. The van der Waals surface area contributed by atoms with Crippen molar-refractivity contribution in [2.24, 2.45) is 0 Å². The van der Waals surface area contributed by atoms with E-state index in [2.05, 4.69) is 29.4 Å². The highest BCUT2D eigenvalue weighted by molar-refractivity contribution is 5.37. The fourth-order valence-corrected chi connectivity index (χ4v) is 2.12. The van der Waals surface area contributed by atoms with Gasteiger partial charge in [0.25, 0.3) is 0 Å². The van der Waals surface area contributed by atoms with Crippen molar-refractivity contribution in [2.75, 3.05) is 6.54 Å². The topological polar surface area (TPSA) is 42.2 Å². The molecule has 0 saturated heterocycles. The first-order chi connectivity index (χ1) is 8.83. The van der Waals surface area contributed by atoms with E-state index in [1.54, 1.807) is 0 Å². The van der Waals surface area contributed by atoms with Gasteiger partial charge in [-0.25, -0.2) is 0 Å². The minimum atomic E-state index is 0.240. The molecule has 18 heavy (non-hydrogen) atoms. The van der Waals surface area contributed by atoms with Crippen molar-refractivity contribution in [1.82, 2.24) is 19.9 Å². The SMILES string of the molecule is CCCCCCNC(C)c1nnc2ccccn12. The molecule has 2 aromatic heterocycles. The van der Waals surface area contributed by atoms with E-state index in [1.165, 1.54) is 25.7 Å². The lowest BCUT2D eigenvalue weighted by atomic mass is 10.2. The first-order valence-electron chi connectivity index (χ1n) is 6.86. The van der Waals surface area contributed by atoms with E-state index in [0.717, 1.165) is 18.0 Å². The van der Waals surface area contributed by atoms with Crippen LogP contribution in [-0.2, 0) is 0 Å². The Labute approximate surface area is 108 Å². The summed E-state index contributed by atoms with van der Waals surface area (Å²) in [6.45, 7) is 5.42. The molecule has 0 spiro atoms. The summed E-state index contributed by atoms with van der Waals surface area (Å²) in [5.74, 6) is 0.987. The van der Waals surface area contributed by atoms with Gasteiger partial charge in [-0.2, -0.15) is 0 Å². The molecule has 4 nitrogen and oxygen atoms in total. The molecule has 0 aliphatic carbocycles. The first-order valence-corrected chi connectivity index (χ1v) is 6.86. The number of nitrogens with zero attached hydrogens (tertiary/aromatic N) is 3. The second-order valence-corrected chi connectivity index (χ2v) is 4.72. The standard InChI is InChI=1S/C14H22N4/c1-3-4-5-7-10-15-12(2)14-17-16-13-9-6-8-11-18(13)14/h6,8-9,11-12,15H,3-5,7,10H2,1-2H3. The van der Waals surface area contributed by atoms with Gasteiger partial charge >= 0.3 is 0 Å². The molecule has 98 valence electrons. The predicted octanol–water partition coefficient (Wildman–Crippen LogP) is 2.96. The number of pyridine rings is 1. The van der Waals surface area contributed by atoms with E-state index >= 15 is 0 Å². The molecule has 1 atom stereocenters. The van der Waals surface area contributed by atoms with Crippen molar-refractivity contribution in [2.45, 2.75) is 45.6 Å². The quantitative estimate of drug-likeness (QED) is 0.764. The van der Waals surface area contributed by atoms with E-state index in [4.69, 9.17) is 0 Å². The number of rotatable bonds is 7. The summed E-state index contributed by atoms with van der Waals surface area (Å²) in [7, 11) is 0. The third-order valence-electron chi connectivity index (χ3n) is 3.21.